The van der Waals surface area contributed by atoms with E-state index in [-0.39, 0.29) is 32.3 Å². The van der Waals surface area contributed by atoms with E-state index in [9.17, 15) is 13.2 Å². The van der Waals surface area contributed by atoms with Crippen LogP contribution in [0.5, 0.6) is 11.5 Å². The first-order chi connectivity index (χ1) is 17.2. The van der Waals surface area contributed by atoms with Gasteiger partial charge in [-0.05, 0) is 54.1 Å². The summed E-state index contributed by atoms with van der Waals surface area (Å²) in [6, 6.07) is 22.4. The topological polar surface area (TPSA) is 148 Å². The molecule has 4 aromatic rings. The van der Waals surface area contributed by atoms with Crippen LogP contribution in [0.3, 0.4) is 0 Å². The third-order valence-corrected chi connectivity index (χ3v) is 7.41. The maximum absolute atomic E-state index is 13.3. The number of rotatable bonds is 8. The second-order valence-corrected chi connectivity index (χ2v) is 9.94. The highest BCUT2D eigenvalue weighted by atomic mass is 32.2. The Morgan fingerprint density at radius 1 is 0.806 bits per heavy atom. The molecule has 8 nitrogen and oxygen atoms in total. The minimum absolute atomic E-state index is 0.0440. The normalized spacial score (nSPS) is 11.1. The van der Waals surface area contributed by atoms with E-state index in [1.165, 1.54) is 61.7 Å². The standard InChI is InChI=1S/C27H25N3O5S/c1-34-24-14-21(22(29)15-25(24)35-16-17-5-3-2-4-6-17)27(31)18-7-12-26(23(30)13-18)36(32,33)20-10-8-19(28)9-11-20/h2-15H,16,28-30H2,1H3. The average molecular weight is 504 g/mol. The highest BCUT2D eigenvalue weighted by Gasteiger charge is 2.23. The summed E-state index contributed by atoms with van der Waals surface area (Å²) in [6.45, 7) is 0.296. The fourth-order valence-corrected chi connectivity index (χ4v) is 5.01. The Morgan fingerprint density at radius 3 is 2.14 bits per heavy atom. The van der Waals surface area contributed by atoms with Crippen LogP contribution in [0.4, 0.5) is 17.1 Å². The summed E-state index contributed by atoms with van der Waals surface area (Å²) in [5.41, 5.74) is 19.8. The lowest BCUT2D eigenvalue weighted by atomic mass is 10.0. The number of carbonyl (C=O) groups is 1. The van der Waals surface area contributed by atoms with Gasteiger partial charge in [-0.1, -0.05) is 30.3 Å². The molecule has 4 rings (SSSR count). The summed E-state index contributed by atoms with van der Waals surface area (Å²) in [6.07, 6.45) is 0. The first kappa shape index (κ1) is 24.6. The van der Waals surface area contributed by atoms with E-state index in [1.54, 1.807) is 0 Å². The Labute approximate surface area is 209 Å². The van der Waals surface area contributed by atoms with Gasteiger partial charge >= 0.3 is 0 Å². The average Bonchev–Trinajstić information content (AvgIpc) is 2.87. The van der Waals surface area contributed by atoms with Gasteiger partial charge in [-0.3, -0.25) is 4.79 Å². The summed E-state index contributed by atoms with van der Waals surface area (Å²) in [4.78, 5) is 13.2. The molecule has 0 aliphatic carbocycles. The predicted molar refractivity (Wildman–Crippen MR) is 139 cm³/mol. The molecule has 0 fully saturated rings. The number of anilines is 3. The molecule has 0 aromatic heterocycles. The molecule has 0 aliphatic rings. The van der Waals surface area contributed by atoms with Crippen LogP contribution < -0.4 is 26.7 Å². The molecular formula is C27H25N3O5S. The number of carbonyl (C=O) groups excluding carboxylic acids is 1. The minimum Gasteiger partial charge on any atom is -0.493 e. The third-order valence-electron chi connectivity index (χ3n) is 5.57. The Morgan fingerprint density at radius 2 is 1.50 bits per heavy atom. The van der Waals surface area contributed by atoms with Gasteiger partial charge in [-0.25, -0.2) is 8.42 Å². The second kappa shape index (κ2) is 10.0. The number of nitrogen functional groups attached to an aromatic ring is 3. The Bertz CT molecular complexity index is 1520. The van der Waals surface area contributed by atoms with Crippen molar-refractivity contribution in [2.45, 2.75) is 16.4 Å². The summed E-state index contributed by atoms with van der Waals surface area (Å²) >= 11 is 0. The molecule has 0 atom stereocenters. The molecular weight excluding hydrogens is 478 g/mol. The lowest BCUT2D eigenvalue weighted by molar-refractivity contribution is 0.103. The second-order valence-electron chi connectivity index (χ2n) is 8.02. The van der Waals surface area contributed by atoms with Crippen molar-refractivity contribution in [2.75, 3.05) is 24.3 Å². The minimum atomic E-state index is -3.90. The van der Waals surface area contributed by atoms with E-state index < -0.39 is 15.6 Å². The zero-order chi connectivity index (χ0) is 25.9. The lowest BCUT2D eigenvalue weighted by Gasteiger charge is -2.15. The molecule has 4 aromatic carbocycles. The van der Waals surface area contributed by atoms with Crippen LogP contribution in [0.1, 0.15) is 21.5 Å². The highest BCUT2D eigenvalue weighted by molar-refractivity contribution is 7.91. The van der Waals surface area contributed by atoms with E-state index >= 15 is 0 Å². The van der Waals surface area contributed by atoms with Crippen molar-refractivity contribution in [1.29, 1.82) is 0 Å². The van der Waals surface area contributed by atoms with Crippen molar-refractivity contribution < 1.29 is 22.7 Å². The Hall–Kier alpha value is -4.50. The Kier molecular flexibility index (Phi) is 6.84. The Balaban J connectivity index is 1.62. The fraction of sp³-hybridized carbons (Fsp3) is 0.0741. The lowest BCUT2D eigenvalue weighted by Crippen LogP contribution is -2.10. The summed E-state index contributed by atoms with van der Waals surface area (Å²) in [5, 5.41) is 0. The number of sulfone groups is 1. The maximum Gasteiger partial charge on any atom is 0.208 e. The van der Waals surface area contributed by atoms with Crippen LogP contribution >= 0.6 is 0 Å². The fourth-order valence-electron chi connectivity index (χ4n) is 3.64. The van der Waals surface area contributed by atoms with Crippen molar-refractivity contribution in [3.63, 3.8) is 0 Å². The molecule has 0 bridgehead atoms. The van der Waals surface area contributed by atoms with Crippen molar-refractivity contribution in [3.8, 4) is 11.5 Å². The molecule has 184 valence electrons. The smallest absolute Gasteiger partial charge is 0.208 e. The van der Waals surface area contributed by atoms with E-state index in [4.69, 9.17) is 26.7 Å². The number of ketones is 1. The molecule has 36 heavy (non-hydrogen) atoms. The first-order valence-electron chi connectivity index (χ1n) is 10.9. The van der Waals surface area contributed by atoms with Gasteiger partial charge in [-0.2, -0.15) is 0 Å². The molecule has 0 saturated heterocycles. The van der Waals surface area contributed by atoms with Crippen molar-refractivity contribution in [2.24, 2.45) is 0 Å². The zero-order valence-electron chi connectivity index (χ0n) is 19.5. The van der Waals surface area contributed by atoms with E-state index in [1.807, 2.05) is 30.3 Å². The molecule has 0 saturated carbocycles. The van der Waals surface area contributed by atoms with Crippen LogP contribution in [-0.4, -0.2) is 21.3 Å². The molecule has 0 aliphatic heterocycles. The number of methoxy groups -OCH3 is 1. The monoisotopic (exact) mass is 503 g/mol. The molecule has 6 N–H and O–H groups in total. The van der Waals surface area contributed by atoms with Gasteiger partial charge in [0, 0.05) is 28.6 Å². The number of hydrogen-bond acceptors (Lipinski definition) is 8. The zero-order valence-corrected chi connectivity index (χ0v) is 20.3. The molecule has 0 spiro atoms. The van der Waals surface area contributed by atoms with Crippen LogP contribution in [0.2, 0.25) is 0 Å². The third kappa shape index (κ3) is 4.96. The maximum atomic E-state index is 13.3. The summed E-state index contributed by atoms with van der Waals surface area (Å²) < 4.78 is 37.3. The van der Waals surface area contributed by atoms with E-state index in [0.717, 1.165) is 5.56 Å². The molecule has 0 radical (unpaired) electrons. The largest absolute Gasteiger partial charge is 0.493 e. The number of nitrogens with two attached hydrogens (primary N) is 3. The van der Waals surface area contributed by atoms with Crippen molar-refractivity contribution in [3.05, 3.63) is 102 Å². The predicted octanol–water partition coefficient (Wildman–Crippen LogP) is 4.08. The molecule has 9 heteroatoms. The van der Waals surface area contributed by atoms with Crippen LogP contribution in [0.15, 0.2) is 94.7 Å². The molecule has 0 amide bonds. The van der Waals surface area contributed by atoms with Crippen molar-refractivity contribution >= 4 is 32.7 Å². The van der Waals surface area contributed by atoms with Crippen molar-refractivity contribution in [1.82, 2.24) is 0 Å². The van der Waals surface area contributed by atoms with Gasteiger partial charge in [0.25, 0.3) is 0 Å². The van der Waals surface area contributed by atoms with Crippen LogP contribution in [0.25, 0.3) is 0 Å². The van der Waals surface area contributed by atoms with Gasteiger partial charge in [0.05, 0.1) is 22.6 Å². The SMILES string of the molecule is COc1cc(C(=O)c2ccc(S(=O)(=O)c3ccc(N)cc3)c(N)c2)c(N)cc1OCc1ccccc1. The van der Waals surface area contributed by atoms with Gasteiger partial charge in [-0.15, -0.1) is 0 Å². The van der Waals surface area contributed by atoms with Crippen LogP contribution in [-0.2, 0) is 16.4 Å². The van der Waals surface area contributed by atoms with Gasteiger partial charge in [0.1, 0.15) is 6.61 Å². The first-order valence-corrected chi connectivity index (χ1v) is 12.4. The van der Waals surface area contributed by atoms with Gasteiger partial charge in [0.15, 0.2) is 17.3 Å². The summed E-state index contributed by atoms with van der Waals surface area (Å²) in [7, 11) is -2.44. The molecule has 0 heterocycles. The summed E-state index contributed by atoms with van der Waals surface area (Å²) in [5.74, 6) is 0.280. The van der Waals surface area contributed by atoms with Gasteiger partial charge in [0.2, 0.25) is 9.84 Å². The van der Waals surface area contributed by atoms with E-state index in [2.05, 4.69) is 0 Å². The number of ether oxygens (including phenoxy) is 2. The van der Waals surface area contributed by atoms with Gasteiger partial charge < -0.3 is 26.7 Å². The number of hydrogen-bond donors (Lipinski definition) is 3. The van der Waals surface area contributed by atoms with Crippen LogP contribution in [0, 0.1) is 0 Å². The number of benzene rings is 4. The quantitative estimate of drug-likeness (QED) is 0.241. The highest BCUT2D eigenvalue weighted by Crippen LogP contribution is 2.35. The van der Waals surface area contributed by atoms with E-state index in [0.29, 0.717) is 23.8 Å². The molecule has 0 unspecified atom stereocenters.